The van der Waals surface area contributed by atoms with Crippen LogP contribution < -0.4 is 5.32 Å². The minimum Gasteiger partial charge on any atom is -0.468 e. The van der Waals surface area contributed by atoms with Crippen LogP contribution in [0, 0.1) is 24.2 Å². The first-order chi connectivity index (χ1) is 9.22. The molecule has 2 atom stereocenters. The van der Waals surface area contributed by atoms with Crippen LogP contribution in [0.2, 0.25) is 0 Å². The largest absolute Gasteiger partial charge is 0.468 e. The van der Waals surface area contributed by atoms with Crippen molar-refractivity contribution >= 4 is 11.8 Å². The molecule has 1 aromatic rings. The Bertz CT molecular complexity index is 451. The molecule has 0 aromatic carbocycles. The average molecular weight is 278 g/mol. The second kappa shape index (κ2) is 6.49. The summed E-state index contributed by atoms with van der Waals surface area (Å²) in [5, 5.41) is 12.9. The molecule has 4 heteroatoms. The molecule has 0 amide bonds. The van der Waals surface area contributed by atoms with Gasteiger partial charge in [-0.2, -0.15) is 5.26 Å². The summed E-state index contributed by atoms with van der Waals surface area (Å²) in [6.07, 6.45) is 6.17. The summed E-state index contributed by atoms with van der Waals surface area (Å²) in [5.41, 5.74) is -0.277. The molecule has 1 N–H and O–H groups in total. The van der Waals surface area contributed by atoms with Crippen LogP contribution >= 0.6 is 11.8 Å². The van der Waals surface area contributed by atoms with E-state index in [9.17, 15) is 5.26 Å². The third-order valence-corrected chi connectivity index (χ3v) is 5.22. The van der Waals surface area contributed by atoms with Crippen LogP contribution in [0.25, 0.3) is 0 Å². The predicted molar refractivity (Wildman–Crippen MR) is 78.1 cm³/mol. The molecule has 1 aliphatic rings. The van der Waals surface area contributed by atoms with Crippen molar-refractivity contribution in [3.8, 4) is 6.07 Å². The van der Waals surface area contributed by atoms with Gasteiger partial charge in [0.1, 0.15) is 11.3 Å². The smallest absolute Gasteiger partial charge is 0.114 e. The zero-order chi connectivity index (χ0) is 13.7. The van der Waals surface area contributed by atoms with E-state index < -0.39 is 0 Å². The van der Waals surface area contributed by atoms with E-state index in [-0.39, 0.29) is 5.54 Å². The summed E-state index contributed by atoms with van der Waals surface area (Å²) in [6.45, 7) is 4.95. The van der Waals surface area contributed by atoms with Crippen LogP contribution in [-0.2, 0) is 0 Å². The SMILES string of the molecule is CCNC1(C#N)CCCC1CCSc1ccoc1C. The van der Waals surface area contributed by atoms with Crippen molar-refractivity contribution in [1.29, 1.82) is 5.26 Å². The lowest BCUT2D eigenvalue weighted by molar-refractivity contribution is 0.317. The van der Waals surface area contributed by atoms with Gasteiger partial charge in [-0.3, -0.25) is 5.32 Å². The molecule has 0 spiro atoms. The minimum absolute atomic E-state index is 0.277. The maximum atomic E-state index is 9.51. The molecule has 0 aliphatic heterocycles. The molecule has 104 valence electrons. The Morgan fingerprint density at radius 1 is 1.63 bits per heavy atom. The molecule has 19 heavy (non-hydrogen) atoms. The van der Waals surface area contributed by atoms with Crippen LogP contribution in [0.4, 0.5) is 0 Å². The number of aryl methyl sites for hydroxylation is 1. The Balaban J connectivity index is 1.88. The number of hydrogen-bond acceptors (Lipinski definition) is 4. The highest BCUT2D eigenvalue weighted by Crippen LogP contribution is 2.39. The maximum absolute atomic E-state index is 9.51. The van der Waals surface area contributed by atoms with Crippen molar-refractivity contribution in [2.24, 2.45) is 5.92 Å². The van der Waals surface area contributed by atoms with E-state index in [2.05, 4.69) is 18.3 Å². The highest BCUT2D eigenvalue weighted by molar-refractivity contribution is 7.99. The van der Waals surface area contributed by atoms with Gasteiger partial charge in [-0.1, -0.05) is 13.3 Å². The monoisotopic (exact) mass is 278 g/mol. The molecule has 0 bridgehead atoms. The van der Waals surface area contributed by atoms with Gasteiger partial charge in [0.25, 0.3) is 0 Å². The summed E-state index contributed by atoms with van der Waals surface area (Å²) in [7, 11) is 0. The van der Waals surface area contributed by atoms with E-state index in [4.69, 9.17) is 4.42 Å². The first-order valence-electron chi connectivity index (χ1n) is 7.05. The first kappa shape index (κ1) is 14.5. The summed E-state index contributed by atoms with van der Waals surface area (Å²) < 4.78 is 5.30. The zero-order valence-corrected chi connectivity index (χ0v) is 12.6. The van der Waals surface area contributed by atoms with E-state index in [1.54, 1.807) is 6.26 Å². The average Bonchev–Trinajstić information content (AvgIpc) is 2.99. The quantitative estimate of drug-likeness (QED) is 0.805. The predicted octanol–water partition coefficient (Wildman–Crippen LogP) is 3.74. The topological polar surface area (TPSA) is 49.0 Å². The van der Waals surface area contributed by atoms with Crippen LogP contribution in [-0.4, -0.2) is 17.8 Å². The number of rotatable bonds is 6. The van der Waals surface area contributed by atoms with Crippen molar-refractivity contribution in [2.75, 3.05) is 12.3 Å². The Morgan fingerprint density at radius 2 is 2.47 bits per heavy atom. The molecule has 1 aromatic heterocycles. The summed E-state index contributed by atoms with van der Waals surface area (Å²) in [6, 6.07) is 4.57. The minimum atomic E-state index is -0.277. The lowest BCUT2D eigenvalue weighted by Crippen LogP contribution is -2.47. The Hall–Kier alpha value is -0.920. The molecule has 2 unspecified atom stereocenters. The third-order valence-electron chi connectivity index (χ3n) is 4.05. The Labute approximate surface area is 119 Å². The molecular formula is C15H22N2OS. The van der Waals surface area contributed by atoms with Gasteiger partial charge in [-0.05, 0) is 50.5 Å². The maximum Gasteiger partial charge on any atom is 0.114 e. The fourth-order valence-electron chi connectivity index (χ4n) is 3.04. The molecule has 3 nitrogen and oxygen atoms in total. The van der Waals surface area contributed by atoms with Gasteiger partial charge in [-0.25, -0.2) is 0 Å². The zero-order valence-electron chi connectivity index (χ0n) is 11.7. The van der Waals surface area contributed by atoms with Crippen molar-refractivity contribution in [3.63, 3.8) is 0 Å². The van der Waals surface area contributed by atoms with E-state index in [0.717, 1.165) is 30.9 Å². The van der Waals surface area contributed by atoms with Crippen molar-refractivity contribution in [1.82, 2.24) is 5.32 Å². The van der Waals surface area contributed by atoms with E-state index in [0.29, 0.717) is 5.92 Å². The standard InChI is InChI=1S/C15H22N2OS/c1-3-17-15(11-16)8-4-5-13(15)7-10-19-14-6-9-18-12(14)2/h6,9,13,17H,3-5,7-8,10H2,1-2H3. The number of nitriles is 1. The highest BCUT2D eigenvalue weighted by Gasteiger charge is 2.41. The second-order valence-electron chi connectivity index (χ2n) is 5.18. The van der Waals surface area contributed by atoms with Gasteiger partial charge in [-0.15, -0.1) is 11.8 Å². The highest BCUT2D eigenvalue weighted by atomic mass is 32.2. The number of hydrogen-bond donors (Lipinski definition) is 1. The van der Waals surface area contributed by atoms with E-state index in [1.807, 2.05) is 24.8 Å². The van der Waals surface area contributed by atoms with Crippen LogP contribution in [0.3, 0.4) is 0 Å². The van der Waals surface area contributed by atoms with Crippen molar-refractivity contribution in [2.45, 2.75) is 50.0 Å². The van der Waals surface area contributed by atoms with Crippen molar-refractivity contribution in [3.05, 3.63) is 18.1 Å². The first-order valence-corrected chi connectivity index (χ1v) is 8.03. The summed E-state index contributed by atoms with van der Waals surface area (Å²) >= 11 is 1.84. The van der Waals surface area contributed by atoms with Gasteiger partial charge >= 0.3 is 0 Å². The van der Waals surface area contributed by atoms with Crippen LogP contribution in [0.1, 0.15) is 38.4 Å². The number of nitrogens with zero attached hydrogens (tertiary/aromatic N) is 1. The Kier molecular flexibility index (Phi) is 4.95. The fourth-order valence-corrected chi connectivity index (χ4v) is 4.06. The second-order valence-corrected chi connectivity index (χ2v) is 6.32. The normalized spacial score (nSPS) is 26.5. The summed E-state index contributed by atoms with van der Waals surface area (Å²) in [5.74, 6) is 2.53. The van der Waals surface area contributed by atoms with Gasteiger partial charge in [0, 0.05) is 4.90 Å². The number of furan rings is 1. The molecule has 1 fully saturated rings. The van der Waals surface area contributed by atoms with E-state index in [1.165, 1.54) is 17.7 Å². The molecular weight excluding hydrogens is 256 g/mol. The van der Waals surface area contributed by atoms with Gasteiger partial charge in [0.2, 0.25) is 0 Å². The van der Waals surface area contributed by atoms with Gasteiger partial charge in [0.05, 0.1) is 12.3 Å². The molecule has 1 aliphatic carbocycles. The summed E-state index contributed by atoms with van der Waals surface area (Å²) in [4.78, 5) is 1.23. The lowest BCUT2D eigenvalue weighted by atomic mass is 9.86. The molecule has 0 radical (unpaired) electrons. The van der Waals surface area contributed by atoms with Gasteiger partial charge in [0.15, 0.2) is 0 Å². The van der Waals surface area contributed by atoms with Crippen LogP contribution in [0.5, 0.6) is 0 Å². The third kappa shape index (κ3) is 3.16. The van der Waals surface area contributed by atoms with Crippen LogP contribution in [0.15, 0.2) is 21.6 Å². The molecule has 1 heterocycles. The lowest BCUT2D eigenvalue weighted by Gasteiger charge is -2.29. The fraction of sp³-hybridized carbons (Fsp3) is 0.667. The number of nitrogens with one attached hydrogen (secondary N) is 1. The van der Waals surface area contributed by atoms with E-state index >= 15 is 0 Å². The molecule has 2 rings (SSSR count). The Morgan fingerprint density at radius 3 is 3.11 bits per heavy atom. The number of thioether (sulfide) groups is 1. The molecule has 1 saturated carbocycles. The van der Waals surface area contributed by atoms with Crippen molar-refractivity contribution < 1.29 is 4.42 Å². The van der Waals surface area contributed by atoms with Gasteiger partial charge < -0.3 is 4.42 Å². The molecule has 0 saturated heterocycles.